The Morgan fingerprint density at radius 3 is 2.13 bits per heavy atom. The van der Waals surface area contributed by atoms with Crippen molar-refractivity contribution in [3.63, 3.8) is 0 Å². The van der Waals surface area contributed by atoms with Crippen molar-refractivity contribution in [2.75, 3.05) is 6.61 Å². The Morgan fingerprint density at radius 1 is 1.20 bits per heavy atom. The van der Waals surface area contributed by atoms with Gasteiger partial charge < -0.3 is 30.3 Å². The van der Waals surface area contributed by atoms with Crippen LogP contribution in [0.25, 0.3) is 0 Å². The average Bonchev–Trinajstić information content (AvgIpc) is 2.20. The molecule has 90 valence electrons. The van der Waals surface area contributed by atoms with Crippen LogP contribution in [0.1, 0.15) is 0 Å². The van der Waals surface area contributed by atoms with E-state index in [-0.39, 0.29) is 0 Å². The normalized spacial score (nSPS) is 47.2. The van der Waals surface area contributed by atoms with Crippen LogP contribution < -0.4 is 0 Å². The molecule has 15 heavy (non-hydrogen) atoms. The number of aliphatic hydroxyl groups is 5. The summed E-state index contributed by atoms with van der Waals surface area (Å²) < 4.78 is 4.07. The smallest absolute Gasteiger partial charge is 0.218 e. The molecule has 0 radical (unpaired) electrons. The highest BCUT2D eigenvalue weighted by molar-refractivity contribution is 9.24. The number of alkyl halides is 2. The first-order valence-corrected chi connectivity index (χ1v) is 6.01. The zero-order valence-corrected chi connectivity index (χ0v) is 10.7. The molecule has 6 nitrogen and oxygen atoms in total. The summed E-state index contributed by atoms with van der Waals surface area (Å²) in [5, 5.41) is 47.1. The van der Waals surface area contributed by atoms with Gasteiger partial charge in [-0.25, -0.2) is 0 Å². The molecule has 1 saturated heterocycles. The molecule has 1 heterocycles. The van der Waals surface area contributed by atoms with E-state index in [1.54, 1.807) is 0 Å². The van der Waals surface area contributed by atoms with Gasteiger partial charge in [0.25, 0.3) is 0 Å². The predicted octanol–water partition coefficient (Wildman–Crippen LogP) is -1.74. The zero-order valence-electron chi connectivity index (χ0n) is 7.49. The fraction of sp³-hybridized carbons (Fsp3) is 1.00. The lowest BCUT2D eigenvalue weighted by Crippen LogP contribution is -2.67. The van der Waals surface area contributed by atoms with Gasteiger partial charge in [-0.3, -0.25) is 0 Å². The maximum atomic E-state index is 9.86. The molecule has 8 heteroatoms. The summed E-state index contributed by atoms with van der Waals surface area (Å²) >= 11 is 5.89. The van der Waals surface area contributed by atoms with E-state index in [0.717, 1.165) is 0 Å². The highest BCUT2D eigenvalue weighted by Crippen LogP contribution is 2.36. The van der Waals surface area contributed by atoms with Crippen molar-refractivity contribution in [2.45, 2.75) is 33.9 Å². The number of aliphatic hydroxyl groups excluding tert-OH is 4. The Morgan fingerprint density at radius 2 is 1.73 bits per heavy atom. The maximum Gasteiger partial charge on any atom is 0.218 e. The summed E-state index contributed by atoms with van der Waals surface area (Å²) in [6.45, 7) is -0.583. The first-order valence-electron chi connectivity index (χ1n) is 4.18. The van der Waals surface area contributed by atoms with Crippen LogP contribution in [0.4, 0.5) is 0 Å². The van der Waals surface area contributed by atoms with Crippen LogP contribution in [0.2, 0.25) is 0 Å². The summed E-state index contributed by atoms with van der Waals surface area (Å²) in [4.78, 5) is 0. The van der Waals surface area contributed by atoms with E-state index < -0.39 is 40.5 Å². The van der Waals surface area contributed by atoms with E-state index in [1.165, 1.54) is 0 Å². The third kappa shape index (κ3) is 2.37. The summed E-state index contributed by atoms with van der Waals surface area (Å²) in [5.74, 6) is -2.12. The SMILES string of the molecule is OC[C@H]1OC(O)(C(Br)Br)[C@H](O)[C@@H](O)[C@@H]1O. The highest BCUT2D eigenvalue weighted by Gasteiger charge is 2.55. The molecule has 0 amide bonds. The number of hydrogen-bond acceptors (Lipinski definition) is 6. The molecule has 0 bridgehead atoms. The molecule has 1 fully saturated rings. The molecule has 1 unspecified atom stereocenters. The largest absolute Gasteiger partial charge is 0.394 e. The number of halogens is 2. The topological polar surface area (TPSA) is 110 Å². The van der Waals surface area contributed by atoms with Gasteiger partial charge in [-0.15, -0.1) is 0 Å². The fourth-order valence-electron chi connectivity index (χ4n) is 1.36. The van der Waals surface area contributed by atoms with E-state index in [4.69, 9.17) is 9.84 Å². The zero-order chi connectivity index (χ0) is 11.8. The van der Waals surface area contributed by atoms with Crippen molar-refractivity contribution < 1.29 is 30.3 Å². The van der Waals surface area contributed by atoms with Crippen molar-refractivity contribution >= 4 is 31.9 Å². The number of rotatable bonds is 2. The van der Waals surface area contributed by atoms with Gasteiger partial charge >= 0.3 is 0 Å². The minimum atomic E-state index is -2.12. The molecular weight excluding hydrogens is 340 g/mol. The van der Waals surface area contributed by atoms with E-state index in [9.17, 15) is 20.4 Å². The van der Waals surface area contributed by atoms with E-state index >= 15 is 0 Å². The average molecular weight is 352 g/mol. The molecule has 0 spiro atoms. The first kappa shape index (κ1) is 13.8. The van der Waals surface area contributed by atoms with E-state index in [1.807, 2.05) is 0 Å². The van der Waals surface area contributed by atoms with E-state index in [0.29, 0.717) is 0 Å². The van der Waals surface area contributed by atoms with Gasteiger partial charge in [0.2, 0.25) is 5.79 Å². The lowest BCUT2D eigenvalue weighted by atomic mass is 9.94. The van der Waals surface area contributed by atoms with Crippen LogP contribution in [0.15, 0.2) is 0 Å². The Labute approximate surface area is 103 Å². The fourth-order valence-corrected chi connectivity index (χ4v) is 2.12. The summed E-state index contributed by atoms with van der Waals surface area (Å²) in [7, 11) is 0. The minimum absolute atomic E-state index is 0.583. The van der Waals surface area contributed by atoms with Crippen molar-refractivity contribution in [1.29, 1.82) is 0 Å². The quantitative estimate of drug-likeness (QED) is 0.378. The molecular formula is C7H12Br2O6. The second-order valence-corrected chi connectivity index (χ2v) is 6.38. The van der Waals surface area contributed by atoms with Crippen molar-refractivity contribution in [2.24, 2.45) is 0 Å². The lowest BCUT2D eigenvalue weighted by Gasteiger charge is -2.46. The van der Waals surface area contributed by atoms with Crippen LogP contribution in [-0.4, -0.2) is 66.1 Å². The maximum absolute atomic E-state index is 9.86. The van der Waals surface area contributed by atoms with Crippen LogP contribution >= 0.6 is 31.9 Å². The molecule has 1 rings (SSSR count). The third-order valence-corrected chi connectivity index (χ3v) is 3.62. The van der Waals surface area contributed by atoms with Gasteiger partial charge in [0.15, 0.2) is 0 Å². The molecule has 0 aromatic carbocycles. The molecule has 0 saturated carbocycles. The van der Waals surface area contributed by atoms with E-state index in [2.05, 4.69) is 31.9 Å². The number of hydrogen-bond donors (Lipinski definition) is 5. The van der Waals surface area contributed by atoms with Crippen molar-refractivity contribution in [1.82, 2.24) is 0 Å². The Bertz CT molecular complexity index is 226. The molecule has 0 aromatic heterocycles. The summed E-state index contributed by atoms with van der Waals surface area (Å²) in [6.07, 6.45) is -5.91. The van der Waals surface area contributed by atoms with Gasteiger partial charge in [-0.1, -0.05) is 31.9 Å². The van der Waals surface area contributed by atoms with Gasteiger partial charge in [-0.05, 0) is 0 Å². The Kier molecular flexibility index (Phi) is 4.53. The minimum Gasteiger partial charge on any atom is -0.394 e. The predicted molar refractivity (Wildman–Crippen MR) is 56.6 cm³/mol. The summed E-state index contributed by atoms with van der Waals surface area (Å²) in [6, 6.07) is 0. The highest BCUT2D eigenvalue weighted by atomic mass is 79.9. The third-order valence-electron chi connectivity index (χ3n) is 2.31. The van der Waals surface area contributed by atoms with Crippen molar-refractivity contribution in [3.05, 3.63) is 0 Å². The molecule has 5 N–H and O–H groups in total. The Balaban J connectivity index is 2.92. The van der Waals surface area contributed by atoms with Crippen LogP contribution in [0.3, 0.4) is 0 Å². The molecule has 0 aromatic rings. The Hall–Kier alpha value is 0.720. The first-order chi connectivity index (χ1) is 6.84. The molecule has 1 aliphatic rings. The number of ether oxygens (including phenoxy) is 1. The van der Waals surface area contributed by atoms with Gasteiger partial charge in [0.1, 0.15) is 28.2 Å². The van der Waals surface area contributed by atoms with Gasteiger partial charge in [0, 0.05) is 0 Å². The lowest BCUT2D eigenvalue weighted by molar-refractivity contribution is -0.340. The molecule has 0 aliphatic carbocycles. The molecule has 5 atom stereocenters. The standard InChI is InChI=1S/C7H12Br2O6/c8-6(9)7(14)5(13)4(12)3(11)2(1-10)15-7/h2-6,10-14H,1H2/t2-,3-,4+,5-,7?/m1/s1. The van der Waals surface area contributed by atoms with Gasteiger partial charge in [-0.2, -0.15) is 0 Å². The second-order valence-electron chi connectivity index (χ2n) is 3.32. The van der Waals surface area contributed by atoms with Crippen LogP contribution in [0, 0.1) is 0 Å². The monoisotopic (exact) mass is 350 g/mol. The second kappa shape index (κ2) is 4.92. The van der Waals surface area contributed by atoms with Gasteiger partial charge in [0.05, 0.1) is 6.61 Å². The molecule has 1 aliphatic heterocycles. The summed E-state index contributed by atoms with van der Waals surface area (Å²) in [5.41, 5.74) is 0. The van der Waals surface area contributed by atoms with Crippen LogP contribution in [-0.2, 0) is 4.74 Å². The van der Waals surface area contributed by atoms with Crippen molar-refractivity contribution in [3.8, 4) is 0 Å². The van der Waals surface area contributed by atoms with Crippen LogP contribution in [0.5, 0.6) is 0 Å².